The average molecular weight is 900 g/mol. The van der Waals surface area contributed by atoms with Crippen LogP contribution >= 0.6 is 23.3 Å². The van der Waals surface area contributed by atoms with Crippen molar-refractivity contribution in [2.75, 3.05) is 64.8 Å². The van der Waals surface area contributed by atoms with Crippen LogP contribution in [-0.4, -0.2) is 161 Å². The second kappa shape index (κ2) is 24.0. The highest BCUT2D eigenvalue weighted by Gasteiger charge is 2.55. The first-order chi connectivity index (χ1) is 29.2. The largest absolute Gasteiger partial charge is 0.511 e. The lowest BCUT2D eigenvalue weighted by Crippen LogP contribution is -2.71. The Morgan fingerprint density at radius 1 is 1.11 bits per heavy atom. The number of thioether (sulfide) groups is 1. The molecule has 0 bridgehead atoms. The van der Waals surface area contributed by atoms with Gasteiger partial charge in [0.25, 0.3) is 18.7 Å². The number of nitrogen functional groups attached to an aromatic ring is 1. The van der Waals surface area contributed by atoms with Crippen LogP contribution in [0.2, 0.25) is 0 Å². The second-order valence-electron chi connectivity index (χ2n) is 13.4. The van der Waals surface area contributed by atoms with Gasteiger partial charge < -0.3 is 49.8 Å². The van der Waals surface area contributed by atoms with Gasteiger partial charge in [0.15, 0.2) is 11.2 Å². The topological polar surface area (TPSA) is 292 Å². The van der Waals surface area contributed by atoms with Gasteiger partial charge in [-0.1, -0.05) is 37.8 Å². The van der Waals surface area contributed by atoms with Crippen molar-refractivity contribution in [2.45, 2.75) is 83.1 Å². The van der Waals surface area contributed by atoms with E-state index in [0.29, 0.717) is 32.6 Å². The minimum Gasteiger partial charge on any atom is -0.462 e. The van der Waals surface area contributed by atoms with Gasteiger partial charge in [-0.15, -0.1) is 11.8 Å². The molecule has 4 rings (SSSR count). The number of nitrogens with two attached hydrogens (primary N) is 1. The number of carbonyl (C=O) groups excluding carboxylic acids is 6. The van der Waals surface area contributed by atoms with Crippen molar-refractivity contribution in [3.63, 3.8) is 0 Å². The molecule has 2 amide bonds. The van der Waals surface area contributed by atoms with Gasteiger partial charge in [-0.3, -0.25) is 29.5 Å². The van der Waals surface area contributed by atoms with Crippen LogP contribution in [0.25, 0.3) is 0 Å². The zero-order valence-electron chi connectivity index (χ0n) is 34.1. The van der Waals surface area contributed by atoms with E-state index < -0.39 is 85.5 Å². The Kier molecular flexibility index (Phi) is 18.9. The van der Waals surface area contributed by atoms with Gasteiger partial charge in [0.1, 0.15) is 30.3 Å². The fourth-order valence-electron chi connectivity index (χ4n) is 5.84. The number of hydrogen-bond donors (Lipinski definition) is 4. The molecule has 0 aliphatic carbocycles. The summed E-state index contributed by atoms with van der Waals surface area (Å²) in [4.78, 5) is 88.5. The lowest BCUT2D eigenvalue weighted by atomic mass is 10.0. The van der Waals surface area contributed by atoms with Gasteiger partial charge in [-0.2, -0.15) is 14.5 Å². The highest BCUT2D eigenvalue weighted by atomic mass is 32.2. The van der Waals surface area contributed by atoms with Gasteiger partial charge in [0, 0.05) is 76.4 Å². The summed E-state index contributed by atoms with van der Waals surface area (Å²) in [6.07, 6.45) is 1.82. The van der Waals surface area contributed by atoms with Gasteiger partial charge in [-0.25, -0.2) is 19.0 Å². The summed E-state index contributed by atoms with van der Waals surface area (Å²) in [5.74, 6) is -4.22. The molecule has 61 heavy (non-hydrogen) atoms. The Bertz CT molecular complexity index is 1840. The lowest BCUT2D eigenvalue weighted by molar-refractivity contribution is -0.171. The van der Waals surface area contributed by atoms with Crippen LogP contribution in [0.4, 0.5) is 14.3 Å². The normalized spacial score (nSPS) is 18.6. The van der Waals surface area contributed by atoms with Gasteiger partial charge in [0.2, 0.25) is 23.8 Å². The van der Waals surface area contributed by atoms with Crippen LogP contribution in [0.5, 0.6) is 0 Å². The quantitative estimate of drug-likeness (QED) is 0.0196. The summed E-state index contributed by atoms with van der Waals surface area (Å²) in [5.41, 5.74) is 4.98. The molecule has 4 heterocycles. The maximum Gasteiger partial charge on any atom is 0.511 e. The molecule has 23 nitrogen and oxygen atoms in total. The molecule has 5 N–H and O–H groups in total. The standard InChI is InChI=1S/C35H50FN11O12S2/c1-5-6-7-8-9-10-24(49)59-23(16-54-20(2)48)17-55-35(53)58-21(3)57-32(52)27-22(15-40-45(4)34(38)46-13-11-39-12-14-46)18-60-31-26(30(51)47(27)31)41-29(50)25(43-56-19-36)28-42-33(37)61-44-28/h15,21,23,26,31,38-39H,5-14,16-19H2,1-4H3,(H,41,50)(H2,37,42,44)/b38-34?,40-15+,43-25-. The van der Waals surface area contributed by atoms with E-state index >= 15 is 0 Å². The molecular weight excluding hydrogens is 850 g/mol. The summed E-state index contributed by atoms with van der Waals surface area (Å²) in [6.45, 7) is 4.61. The third-order valence-electron chi connectivity index (χ3n) is 8.84. The van der Waals surface area contributed by atoms with E-state index in [2.05, 4.69) is 42.0 Å². The van der Waals surface area contributed by atoms with Crippen molar-refractivity contribution in [1.82, 2.24) is 34.8 Å². The van der Waals surface area contributed by atoms with Crippen LogP contribution in [0.1, 0.15) is 65.1 Å². The molecule has 3 aliphatic rings. The maximum atomic E-state index is 13.8. The SMILES string of the molecule is CCCCCCCC(=O)OC(COC(C)=O)COC(=O)OC(C)OC(=O)C1=C(/C=N/N(C)C(=N)N2CCNCC2)CSC2C(NC(=O)/C(=N\OCF)c3nsc(N)n3)C(=O)N12. The summed E-state index contributed by atoms with van der Waals surface area (Å²) in [7, 11) is 1.54. The van der Waals surface area contributed by atoms with Gasteiger partial charge in [-0.05, 0) is 6.42 Å². The van der Waals surface area contributed by atoms with Crippen LogP contribution in [0, 0.1) is 5.41 Å². The zero-order valence-corrected chi connectivity index (χ0v) is 35.7. The fraction of sp³-hybridized carbons (Fsp3) is 0.629. The van der Waals surface area contributed by atoms with Crippen LogP contribution < -0.4 is 16.4 Å². The number of aromatic nitrogens is 2. The number of esters is 3. The molecule has 1 aromatic rings. The van der Waals surface area contributed by atoms with E-state index in [0.717, 1.165) is 60.8 Å². The number of nitrogens with one attached hydrogen (secondary N) is 3. The van der Waals surface area contributed by atoms with E-state index in [1.54, 1.807) is 11.9 Å². The third kappa shape index (κ3) is 14.2. The van der Waals surface area contributed by atoms with Crippen LogP contribution in [-0.2, 0) is 52.5 Å². The number of rotatable bonds is 21. The molecular formula is C35H50FN11O12S2. The predicted molar refractivity (Wildman–Crippen MR) is 216 cm³/mol. The molecule has 0 aromatic carbocycles. The Morgan fingerprint density at radius 2 is 1.84 bits per heavy atom. The number of ether oxygens (including phenoxy) is 5. The Morgan fingerprint density at radius 3 is 2.51 bits per heavy atom. The number of amides is 2. The molecule has 3 aliphatic heterocycles. The number of oxime groups is 1. The Balaban J connectivity index is 1.46. The lowest BCUT2D eigenvalue weighted by Gasteiger charge is -2.49. The minimum absolute atomic E-state index is 0.0140. The van der Waals surface area contributed by atoms with E-state index in [-0.39, 0.29) is 40.4 Å². The smallest absolute Gasteiger partial charge is 0.462 e. The second-order valence-corrected chi connectivity index (χ2v) is 15.3. The number of hydrogen-bond acceptors (Lipinski definition) is 21. The number of β-lactam (4-membered cyclic amide) rings is 1. The number of alkyl halides is 1. The molecule has 0 radical (unpaired) electrons. The van der Waals surface area contributed by atoms with Gasteiger partial charge >= 0.3 is 24.1 Å². The molecule has 4 atom stereocenters. The summed E-state index contributed by atoms with van der Waals surface area (Å²) in [5, 5.41) is 22.4. The zero-order chi connectivity index (χ0) is 44.5. The maximum absolute atomic E-state index is 13.8. The van der Waals surface area contributed by atoms with Crippen molar-refractivity contribution in [1.29, 1.82) is 5.41 Å². The molecule has 336 valence electrons. The number of fused-ring (bicyclic) bond motifs is 1. The predicted octanol–water partition coefficient (Wildman–Crippen LogP) is 1.06. The summed E-state index contributed by atoms with van der Waals surface area (Å²) in [6, 6.07) is -1.23. The van der Waals surface area contributed by atoms with Crippen molar-refractivity contribution in [3.8, 4) is 0 Å². The monoisotopic (exact) mass is 899 g/mol. The highest BCUT2D eigenvalue weighted by molar-refractivity contribution is 8.00. The van der Waals surface area contributed by atoms with Crippen molar-refractivity contribution < 1.29 is 61.7 Å². The van der Waals surface area contributed by atoms with Crippen molar-refractivity contribution >= 4 is 82.2 Å². The average Bonchev–Trinajstić information content (AvgIpc) is 3.67. The number of carbonyl (C=O) groups is 6. The fourth-order valence-corrected chi connectivity index (χ4v) is 7.57. The number of hydrazone groups is 1. The number of halogens is 1. The van der Waals surface area contributed by atoms with Crippen molar-refractivity contribution in [2.24, 2.45) is 10.3 Å². The van der Waals surface area contributed by atoms with Crippen LogP contribution in [0.3, 0.4) is 0 Å². The molecule has 2 fully saturated rings. The Hall–Kier alpha value is -5.63. The summed E-state index contributed by atoms with van der Waals surface area (Å²) >= 11 is 1.90. The van der Waals surface area contributed by atoms with Gasteiger partial charge in [0.05, 0.1) is 6.21 Å². The number of guanidine groups is 1. The first kappa shape index (κ1) is 48.0. The minimum atomic E-state index is -1.60. The molecule has 26 heteroatoms. The first-order valence-corrected chi connectivity index (χ1v) is 21.1. The molecule has 2 saturated heterocycles. The summed E-state index contributed by atoms with van der Waals surface area (Å²) < 4.78 is 42.7. The van der Waals surface area contributed by atoms with E-state index in [1.165, 1.54) is 18.1 Å². The van der Waals surface area contributed by atoms with E-state index in [1.807, 2.05) is 0 Å². The third-order valence-corrected chi connectivity index (χ3v) is 10.7. The first-order valence-electron chi connectivity index (χ1n) is 19.3. The number of piperazine rings is 1. The highest BCUT2D eigenvalue weighted by Crippen LogP contribution is 2.40. The van der Waals surface area contributed by atoms with E-state index in [4.69, 9.17) is 34.8 Å². The molecule has 1 aromatic heterocycles. The molecule has 0 spiro atoms. The number of anilines is 1. The molecule has 4 unspecified atom stereocenters. The van der Waals surface area contributed by atoms with Crippen LogP contribution in [0.15, 0.2) is 21.5 Å². The van der Waals surface area contributed by atoms with E-state index in [9.17, 15) is 33.2 Å². The number of nitrogens with zero attached hydrogens (tertiary/aromatic N) is 7. The van der Waals surface area contributed by atoms with Crippen molar-refractivity contribution in [3.05, 3.63) is 17.1 Å². The number of unbranched alkanes of at least 4 members (excludes halogenated alkanes) is 4. The Labute approximate surface area is 358 Å². The molecule has 0 saturated carbocycles.